The lowest BCUT2D eigenvalue weighted by molar-refractivity contribution is -0.275. The zero-order valence-electron chi connectivity index (χ0n) is 13.4. The summed E-state index contributed by atoms with van der Waals surface area (Å²) in [6.07, 6.45) is -2.44. The Morgan fingerprint density at radius 3 is 2.50 bits per heavy atom. The molecule has 0 N–H and O–H groups in total. The summed E-state index contributed by atoms with van der Waals surface area (Å²) in [6.45, 7) is 5.05. The number of esters is 1. The molecule has 0 saturated carbocycles. The average Bonchev–Trinajstić information content (AvgIpc) is 2.94. The van der Waals surface area contributed by atoms with Crippen LogP contribution in [-0.4, -0.2) is 28.0 Å². The zero-order valence-corrected chi connectivity index (χ0v) is 13.4. The summed E-state index contributed by atoms with van der Waals surface area (Å²) in [4.78, 5) is 16.0. The monoisotopic (exact) mass is 342 g/mol. The van der Waals surface area contributed by atoms with Gasteiger partial charge in [-0.2, -0.15) is 0 Å². The molecule has 0 aliphatic carbocycles. The second-order valence-corrected chi connectivity index (χ2v) is 5.40. The van der Waals surface area contributed by atoms with Gasteiger partial charge in [0.25, 0.3) is 0 Å². The first kappa shape index (κ1) is 17.8. The maximum atomic E-state index is 12.6. The Labute approximate surface area is 137 Å². The van der Waals surface area contributed by atoms with Crippen LogP contribution in [-0.2, 0) is 4.74 Å². The fourth-order valence-electron chi connectivity index (χ4n) is 2.24. The minimum Gasteiger partial charge on any atom is -0.458 e. The number of nitrogens with zero attached hydrogens (tertiary/aromatic N) is 2. The van der Waals surface area contributed by atoms with Crippen LogP contribution in [0, 0.1) is 0 Å². The number of hydrogen-bond donors (Lipinski definition) is 0. The molecule has 130 valence electrons. The minimum absolute atomic E-state index is 0.151. The highest BCUT2D eigenvalue weighted by molar-refractivity contribution is 5.87. The van der Waals surface area contributed by atoms with Crippen LogP contribution < -0.4 is 4.74 Å². The molecule has 0 radical (unpaired) electrons. The number of alkyl halides is 3. The number of ether oxygens (including phenoxy) is 2. The number of halogens is 3. The average molecular weight is 342 g/mol. The van der Waals surface area contributed by atoms with Crippen LogP contribution in [0.5, 0.6) is 5.75 Å². The van der Waals surface area contributed by atoms with E-state index in [0.717, 1.165) is 0 Å². The predicted molar refractivity (Wildman–Crippen MR) is 79.7 cm³/mol. The molecule has 24 heavy (non-hydrogen) atoms. The summed E-state index contributed by atoms with van der Waals surface area (Å²) in [5.74, 6) is -0.919. The first-order valence-corrected chi connectivity index (χ1v) is 7.26. The summed E-state index contributed by atoms with van der Waals surface area (Å²) in [7, 11) is 0. The number of aromatic nitrogens is 2. The molecule has 0 spiro atoms. The summed E-state index contributed by atoms with van der Waals surface area (Å²) in [5.41, 5.74) is 0.421. The van der Waals surface area contributed by atoms with Crippen molar-refractivity contribution in [3.63, 3.8) is 0 Å². The van der Waals surface area contributed by atoms with Crippen LogP contribution in [0.1, 0.15) is 42.9 Å². The molecule has 0 bridgehead atoms. The van der Waals surface area contributed by atoms with E-state index in [1.165, 1.54) is 35.3 Å². The Balaban J connectivity index is 2.36. The highest BCUT2D eigenvalue weighted by Gasteiger charge is 2.33. The van der Waals surface area contributed by atoms with Crippen molar-refractivity contribution >= 4 is 5.97 Å². The molecule has 8 heteroatoms. The Morgan fingerprint density at radius 2 is 1.88 bits per heavy atom. The van der Waals surface area contributed by atoms with Gasteiger partial charge in [0, 0.05) is 5.56 Å². The molecular formula is C16H17F3N2O3. The third kappa shape index (κ3) is 4.27. The molecule has 0 aliphatic heterocycles. The molecule has 1 unspecified atom stereocenters. The lowest BCUT2D eigenvalue weighted by atomic mass is 10.1. The maximum absolute atomic E-state index is 12.6. The third-order valence-electron chi connectivity index (χ3n) is 3.23. The molecule has 5 nitrogen and oxygen atoms in total. The van der Waals surface area contributed by atoms with Crippen molar-refractivity contribution in [1.82, 2.24) is 9.55 Å². The van der Waals surface area contributed by atoms with Crippen molar-refractivity contribution in [2.45, 2.75) is 39.3 Å². The van der Waals surface area contributed by atoms with Gasteiger partial charge < -0.3 is 14.0 Å². The third-order valence-corrected chi connectivity index (χ3v) is 3.23. The van der Waals surface area contributed by atoms with Crippen LogP contribution in [0.15, 0.2) is 36.8 Å². The number of benzene rings is 1. The van der Waals surface area contributed by atoms with E-state index >= 15 is 0 Å². The second kappa shape index (κ2) is 6.94. The van der Waals surface area contributed by atoms with Crippen molar-refractivity contribution < 1.29 is 27.4 Å². The van der Waals surface area contributed by atoms with Crippen molar-refractivity contribution in [2.75, 3.05) is 0 Å². The standard InChI is InChI=1S/C16H17F3N2O3/c1-10(2)23-15(22)13-8-20-9-21(13)11(3)12-6-4-5-7-14(12)24-16(17,18)19/h4-11H,1-3H3. The summed E-state index contributed by atoms with van der Waals surface area (Å²) in [5, 5.41) is 0. The maximum Gasteiger partial charge on any atom is 0.573 e. The first-order valence-electron chi connectivity index (χ1n) is 7.26. The number of rotatable bonds is 5. The molecule has 0 saturated heterocycles. The van der Waals surface area contributed by atoms with Gasteiger partial charge in [-0.15, -0.1) is 13.2 Å². The van der Waals surface area contributed by atoms with E-state index in [1.807, 2.05) is 0 Å². The summed E-state index contributed by atoms with van der Waals surface area (Å²) < 4.78 is 48.3. The van der Waals surface area contributed by atoms with Crippen molar-refractivity contribution in [3.8, 4) is 5.75 Å². The number of imidazole rings is 1. The SMILES string of the molecule is CC(C)OC(=O)c1cncn1C(C)c1ccccc1OC(F)(F)F. The lowest BCUT2D eigenvalue weighted by Gasteiger charge is -2.20. The molecule has 1 aromatic heterocycles. The Hall–Kier alpha value is -2.51. The van der Waals surface area contributed by atoms with Gasteiger partial charge in [0.1, 0.15) is 11.4 Å². The number of carbonyl (C=O) groups is 1. The van der Waals surface area contributed by atoms with E-state index in [9.17, 15) is 18.0 Å². The highest BCUT2D eigenvalue weighted by atomic mass is 19.4. The van der Waals surface area contributed by atoms with E-state index in [0.29, 0.717) is 0 Å². The molecule has 1 heterocycles. The smallest absolute Gasteiger partial charge is 0.458 e. The molecular weight excluding hydrogens is 325 g/mol. The quantitative estimate of drug-likeness (QED) is 0.772. The molecule has 0 amide bonds. The van der Waals surface area contributed by atoms with Gasteiger partial charge in [-0.05, 0) is 26.8 Å². The molecule has 1 aromatic carbocycles. The predicted octanol–water partition coefficient (Wildman–Crippen LogP) is 3.96. The molecule has 2 aromatic rings. The van der Waals surface area contributed by atoms with Gasteiger partial charge in [0.15, 0.2) is 0 Å². The number of para-hydroxylation sites is 1. The number of carbonyl (C=O) groups excluding carboxylic acids is 1. The van der Waals surface area contributed by atoms with E-state index < -0.39 is 18.4 Å². The fraction of sp³-hybridized carbons (Fsp3) is 0.375. The minimum atomic E-state index is -4.80. The molecule has 1 atom stereocenters. The zero-order chi connectivity index (χ0) is 17.9. The van der Waals surface area contributed by atoms with Crippen LogP contribution in [0.3, 0.4) is 0 Å². The normalized spacial score (nSPS) is 13.0. The van der Waals surface area contributed by atoms with Gasteiger partial charge >= 0.3 is 12.3 Å². The van der Waals surface area contributed by atoms with E-state index in [1.54, 1.807) is 26.8 Å². The first-order chi connectivity index (χ1) is 11.2. The van der Waals surface area contributed by atoms with Crippen LogP contribution >= 0.6 is 0 Å². The Bertz CT molecular complexity index is 711. The second-order valence-electron chi connectivity index (χ2n) is 5.40. The van der Waals surface area contributed by atoms with Crippen molar-refractivity contribution in [2.24, 2.45) is 0 Å². The Morgan fingerprint density at radius 1 is 1.21 bits per heavy atom. The fourth-order valence-corrected chi connectivity index (χ4v) is 2.24. The van der Waals surface area contributed by atoms with E-state index in [2.05, 4.69) is 9.72 Å². The van der Waals surface area contributed by atoms with Gasteiger partial charge in [-0.1, -0.05) is 18.2 Å². The van der Waals surface area contributed by atoms with Gasteiger partial charge in [0.2, 0.25) is 0 Å². The van der Waals surface area contributed by atoms with Crippen molar-refractivity contribution in [3.05, 3.63) is 48.0 Å². The lowest BCUT2D eigenvalue weighted by Crippen LogP contribution is -2.21. The van der Waals surface area contributed by atoms with Gasteiger partial charge in [-0.3, -0.25) is 0 Å². The Kier molecular flexibility index (Phi) is 5.16. The van der Waals surface area contributed by atoms with E-state index in [4.69, 9.17) is 4.74 Å². The molecule has 0 aliphatic rings. The largest absolute Gasteiger partial charge is 0.573 e. The number of hydrogen-bond acceptors (Lipinski definition) is 4. The van der Waals surface area contributed by atoms with Crippen LogP contribution in [0.25, 0.3) is 0 Å². The van der Waals surface area contributed by atoms with E-state index in [-0.39, 0.29) is 23.1 Å². The summed E-state index contributed by atoms with van der Waals surface area (Å²) >= 11 is 0. The van der Waals surface area contributed by atoms with Gasteiger partial charge in [-0.25, -0.2) is 9.78 Å². The van der Waals surface area contributed by atoms with Gasteiger partial charge in [0.05, 0.1) is 24.7 Å². The van der Waals surface area contributed by atoms with Crippen LogP contribution in [0.4, 0.5) is 13.2 Å². The summed E-state index contributed by atoms with van der Waals surface area (Å²) in [6, 6.07) is 5.16. The van der Waals surface area contributed by atoms with Crippen LogP contribution in [0.2, 0.25) is 0 Å². The van der Waals surface area contributed by atoms with Crippen molar-refractivity contribution in [1.29, 1.82) is 0 Å². The highest BCUT2D eigenvalue weighted by Crippen LogP contribution is 2.32. The molecule has 2 rings (SSSR count). The topological polar surface area (TPSA) is 53.3 Å². The molecule has 0 fully saturated rings.